The lowest BCUT2D eigenvalue weighted by Gasteiger charge is -2.21. The third-order valence-corrected chi connectivity index (χ3v) is 7.47. The Morgan fingerprint density at radius 2 is 1.66 bits per heavy atom. The Balaban J connectivity index is 1.85. The predicted octanol–water partition coefficient (Wildman–Crippen LogP) is 6.67. The Labute approximate surface area is 225 Å². The minimum Gasteiger partial charge on any atom is -0.350 e. The molecule has 5 nitrogen and oxygen atoms in total. The molecule has 1 aromatic heterocycles. The Bertz CT molecular complexity index is 1630. The molecule has 0 fully saturated rings. The van der Waals surface area contributed by atoms with E-state index in [4.69, 9.17) is 0 Å². The van der Waals surface area contributed by atoms with Gasteiger partial charge in [0.05, 0.1) is 10.4 Å². The smallest absolute Gasteiger partial charge is 0.252 e. The number of hydrogen-bond acceptors (Lipinski definition) is 4. The molecule has 6 heteroatoms. The molecule has 1 N–H and O–H groups in total. The second-order valence-electron chi connectivity index (χ2n) is 11.0. The average molecular weight is 527 g/mol. The number of amides is 1. The van der Waals surface area contributed by atoms with Crippen molar-refractivity contribution in [3.63, 3.8) is 0 Å². The first-order valence-electron chi connectivity index (χ1n) is 12.7. The molecule has 0 spiro atoms. The van der Waals surface area contributed by atoms with E-state index in [1.54, 1.807) is 18.3 Å². The molecule has 0 aliphatic carbocycles. The van der Waals surface area contributed by atoms with Crippen LogP contribution in [-0.2, 0) is 20.0 Å². The molecule has 1 amide bonds. The van der Waals surface area contributed by atoms with Crippen LogP contribution in [0.2, 0.25) is 0 Å². The van der Waals surface area contributed by atoms with Crippen LogP contribution < -0.4 is 5.32 Å². The number of nitrogens with zero attached hydrogens (tertiary/aromatic N) is 1. The van der Waals surface area contributed by atoms with Gasteiger partial charge >= 0.3 is 0 Å². The fourth-order valence-electron chi connectivity index (χ4n) is 4.31. The zero-order valence-electron chi connectivity index (χ0n) is 22.7. The summed E-state index contributed by atoms with van der Waals surface area (Å²) in [6.07, 6.45) is 4.82. The fraction of sp³-hybridized carbons (Fsp3) is 0.250. The van der Waals surface area contributed by atoms with Gasteiger partial charge in [0, 0.05) is 35.0 Å². The van der Waals surface area contributed by atoms with Crippen molar-refractivity contribution >= 4 is 38.3 Å². The molecular weight excluding hydrogens is 492 g/mol. The fourth-order valence-corrected chi connectivity index (χ4v) is 4.94. The quantitative estimate of drug-likeness (QED) is 0.225. The molecule has 0 aliphatic rings. The maximum absolute atomic E-state index is 13.2. The van der Waals surface area contributed by atoms with Crippen molar-refractivity contribution in [1.29, 1.82) is 0 Å². The van der Waals surface area contributed by atoms with Crippen molar-refractivity contribution in [2.75, 3.05) is 6.26 Å². The molecule has 38 heavy (non-hydrogen) atoms. The minimum atomic E-state index is -3.34. The van der Waals surface area contributed by atoms with Crippen LogP contribution in [0.1, 0.15) is 51.3 Å². The highest BCUT2D eigenvalue weighted by molar-refractivity contribution is 7.90. The third kappa shape index (κ3) is 6.20. The van der Waals surface area contributed by atoms with Crippen LogP contribution in [0.15, 0.2) is 83.9 Å². The summed E-state index contributed by atoms with van der Waals surface area (Å²) >= 11 is 0. The van der Waals surface area contributed by atoms with Gasteiger partial charge in [-0.05, 0) is 84.0 Å². The van der Waals surface area contributed by atoms with Gasteiger partial charge in [-0.1, -0.05) is 57.2 Å². The van der Waals surface area contributed by atoms with Crippen LogP contribution in [-0.4, -0.2) is 31.6 Å². The third-order valence-electron chi connectivity index (χ3n) is 6.34. The van der Waals surface area contributed by atoms with E-state index in [2.05, 4.69) is 61.4 Å². The molecular formula is C32H34N2O3S. The van der Waals surface area contributed by atoms with Crippen molar-refractivity contribution in [1.82, 2.24) is 10.3 Å². The first-order chi connectivity index (χ1) is 17.8. The number of fused-ring (bicyclic) bond motifs is 1. The summed E-state index contributed by atoms with van der Waals surface area (Å²) in [4.78, 5) is 18.1. The van der Waals surface area contributed by atoms with Crippen molar-refractivity contribution in [3.8, 4) is 11.1 Å². The lowest BCUT2D eigenvalue weighted by atomic mass is 9.84. The van der Waals surface area contributed by atoms with Gasteiger partial charge in [0.15, 0.2) is 9.84 Å². The van der Waals surface area contributed by atoms with Crippen LogP contribution in [0.5, 0.6) is 0 Å². The number of benzene rings is 3. The van der Waals surface area contributed by atoms with Crippen molar-refractivity contribution in [2.45, 2.75) is 51.0 Å². The summed E-state index contributed by atoms with van der Waals surface area (Å²) in [6, 6.07) is 22.9. The molecule has 0 radical (unpaired) electrons. The van der Waals surface area contributed by atoms with E-state index >= 15 is 0 Å². The number of hydrogen-bond donors (Lipinski definition) is 1. The molecule has 4 rings (SSSR count). The molecule has 0 bridgehead atoms. The average Bonchev–Trinajstić information content (AvgIpc) is 2.85. The maximum Gasteiger partial charge on any atom is 0.252 e. The number of carbonyl (C=O) groups is 1. The number of pyridine rings is 1. The van der Waals surface area contributed by atoms with Crippen molar-refractivity contribution in [2.24, 2.45) is 0 Å². The lowest BCUT2D eigenvalue weighted by molar-refractivity contribution is -0.116. The number of aromatic nitrogens is 1. The number of sulfone groups is 1. The van der Waals surface area contributed by atoms with Crippen LogP contribution in [0.4, 0.5) is 0 Å². The van der Waals surface area contributed by atoms with E-state index in [0.29, 0.717) is 11.1 Å². The van der Waals surface area contributed by atoms with Gasteiger partial charge in [-0.15, -0.1) is 0 Å². The zero-order chi connectivity index (χ0) is 27.7. The first kappa shape index (κ1) is 27.3. The second-order valence-corrected chi connectivity index (χ2v) is 13.0. The Morgan fingerprint density at radius 1 is 0.947 bits per heavy atom. The molecule has 0 saturated carbocycles. The lowest BCUT2D eigenvalue weighted by Crippen LogP contribution is -2.30. The highest BCUT2D eigenvalue weighted by Gasteiger charge is 2.18. The van der Waals surface area contributed by atoms with E-state index < -0.39 is 9.84 Å². The minimum absolute atomic E-state index is 0.0312. The first-order valence-corrected chi connectivity index (χ1v) is 14.5. The van der Waals surface area contributed by atoms with Gasteiger partial charge in [0.1, 0.15) is 0 Å². The Hall–Kier alpha value is -3.77. The normalized spacial score (nSPS) is 12.7. The summed E-state index contributed by atoms with van der Waals surface area (Å²) in [5.41, 5.74) is 6.11. The summed E-state index contributed by atoms with van der Waals surface area (Å²) in [6.45, 7) is 10.4. The standard InChI is InChI=1S/C32H34N2O3S/c1-21(2)34-31(35)29(23-12-14-27(15-13-23)38(6,36)37)18-22-9-7-10-24(17-22)28-20-26(32(3,4)5)19-25-11-8-16-33-30(25)28/h7-21H,1-6H3,(H,34,35)/b29-18-. The predicted molar refractivity (Wildman–Crippen MR) is 157 cm³/mol. The van der Waals surface area contributed by atoms with Gasteiger partial charge in [0.25, 0.3) is 5.91 Å². The largest absolute Gasteiger partial charge is 0.350 e. The van der Waals surface area contributed by atoms with Crippen LogP contribution in [0, 0.1) is 0 Å². The SMILES string of the molecule is CC(C)NC(=O)/C(=C\c1cccc(-c2cc(C(C)(C)C)cc3cccnc23)c1)c1ccc(S(C)(=O)=O)cc1. The molecule has 196 valence electrons. The summed E-state index contributed by atoms with van der Waals surface area (Å²) in [5.74, 6) is -0.223. The summed E-state index contributed by atoms with van der Waals surface area (Å²) in [7, 11) is -3.34. The van der Waals surface area contributed by atoms with Crippen LogP contribution >= 0.6 is 0 Å². The van der Waals surface area contributed by atoms with E-state index in [0.717, 1.165) is 27.6 Å². The van der Waals surface area contributed by atoms with Gasteiger partial charge in [-0.25, -0.2) is 8.42 Å². The number of rotatable bonds is 6. The summed E-state index contributed by atoms with van der Waals surface area (Å²) < 4.78 is 23.9. The second kappa shape index (κ2) is 10.5. The number of carbonyl (C=O) groups excluding carboxylic acids is 1. The Morgan fingerprint density at radius 3 is 2.29 bits per heavy atom. The van der Waals surface area contributed by atoms with Crippen LogP contribution in [0.25, 0.3) is 33.7 Å². The summed E-state index contributed by atoms with van der Waals surface area (Å²) in [5, 5.41) is 4.05. The van der Waals surface area contributed by atoms with E-state index in [1.807, 2.05) is 38.1 Å². The van der Waals surface area contributed by atoms with Gasteiger partial charge in [-0.2, -0.15) is 0 Å². The zero-order valence-corrected chi connectivity index (χ0v) is 23.6. The monoisotopic (exact) mass is 526 g/mol. The molecule has 3 aromatic carbocycles. The van der Waals surface area contributed by atoms with Crippen molar-refractivity contribution < 1.29 is 13.2 Å². The molecule has 0 saturated heterocycles. The van der Waals surface area contributed by atoms with Crippen LogP contribution in [0.3, 0.4) is 0 Å². The maximum atomic E-state index is 13.2. The molecule has 4 aromatic rings. The molecule has 0 atom stereocenters. The Kier molecular flexibility index (Phi) is 7.56. The molecule has 1 heterocycles. The van der Waals surface area contributed by atoms with Gasteiger partial charge in [-0.3, -0.25) is 9.78 Å². The molecule has 0 unspecified atom stereocenters. The van der Waals surface area contributed by atoms with Gasteiger partial charge in [0.2, 0.25) is 0 Å². The van der Waals surface area contributed by atoms with E-state index in [-0.39, 0.29) is 22.3 Å². The topological polar surface area (TPSA) is 76.1 Å². The van der Waals surface area contributed by atoms with Gasteiger partial charge < -0.3 is 5.32 Å². The van der Waals surface area contributed by atoms with E-state index in [1.165, 1.54) is 24.0 Å². The highest BCUT2D eigenvalue weighted by atomic mass is 32.2. The molecule has 0 aliphatic heterocycles. The number of nitrogens with one attached hydrogen (secondary N) is 1. The van der Waals surface area contributed by atoms with Crippen molar-refractivity contribution in [3.05, 3.63) is 95.7 Å². The van der Waals surface area contributed by atoms with E-state index in [9.17, 15) is 13.2 Å². The highest BCUT2D eigenvalue weighted by Crippen LogP contribution is 2.34.